The minimum absolute atomic E-state index is 0.102. The molecule has 0 bridgehead atoms. The third kappa shape index (κ3) is 7.03. The molecule has 0 saturated carbocycles. The highest BCUT2D eigenvalue weighted by molar-refractivity contribution is 7.90. The number of amides is 1. The van der Waals surface area contributed by atoms with Gasteiger partial charge in [-0.05, 0) is 52.7 Å². The van der Waals surface area contributed by atoms with Gasteiger partial charge in [0.25, 0.3) is 0 Å². The zero-order valence-electron chi connectivity index (χ0n) is 17.1. The number of aromatic nitrogens is 1. The van der Waals surface area contributed by atoms with E-state index in [1.165, 1.54) is 0 Å². The van der Waals surface area contributed by atoms with E-state index in [1.54, 1.807) is 20.0 Å². The lowest BCUT2D eigenvalue weighted by molar-refractivity contribution is -0.116. The van der Waals surface area contributed by atoms with Crippen molar-refractivity contribution in [3.63, 3.8) is 0 Å². The molecule has 28 heavy (non-hydrogen) atoms. The maximum atomic E-state index is 12.0. The zero-order chi connectivity index (χ0) is 20.7. The summed E-state index contributed by atoms with van der Waals surface area (Å²) >= 11 is 0. The summed E-state index contributed by atoms with van der Waals surface area (Å²) in [5.41, 5.74) is 0.656. The number of nitrogens with zero attached hydrogens (tertiary/aromatic N) is 2. The molecule has 0 aliphatic carbocycles. The number of pyridine rings is 1. The van der Waals surface area contributed by atoms with Crippen LogP contribution in [-0.4, -0.2) is 56.4 Å². The van der Waals surface area contributed by atoms with Crippen molar-refractivity contribution in [2.45, 2.75) is 64.4 Å². The fourth-order valence-corrected chi connectivity index (χ4v) is 3.79. The summed E-state index contributed by atoms with van der Waals surface area (Å²) in [5.74, 6) is 0.771. The molecule has 9 heteroatoms. The number of ether oxygens (including phenoxy) is 1. The minimum atomic E-state index is -3.24. The summed E-state index contributed by atoms with van der Waals surface area (Å²) in [6, 6.07) is 3.75. The molecule has 2 rings (SSSR count). The lowest BCUT2D eigenvalue weighted by atomic mass is 10.2. The van der Waals surface area contributed by atoms with E-state index in [0.29, 0.717) is 31.5 Å². The van der Waals surface area contributed by atoms with E-state index >= 15 is 0 Å². The Morgan fingerprint density at radius 2 is 1.93 bits per heavy atom. The van der Waals surface area contributed by atoms with Crippen LogP contribution in [0.3, 0.4) is 0 Å². The smallest absolute Gasteiger partial charge is 0.224 e. The number of rotatable bonds is 9. The zero-order valence-corrected chi connectivity index (χ0v) is 18.0. The number of carbonyl (C=O) groups excluding carboxylic acids is 1. The molecule has 1 aromatic heterocycles. The first-order chi connectivity index (χ1) is 13.2. The Hall–Kier alpha value is -1.71. The molecule has 1 saturated heterocycles. The highest BCUT2D eigenvalue weighted by Crippen LogP contribution is 2.19. The summed E-state index contributed by atoms with van der Waals surface area (Å²) < 4.78 is 31.6. The fourth-order valence-electron chi connectivity index (χ4n) is 3.03. The Labute approximate surface area is 168 Å². The van der Waals surface area contributed by atoms with E-state index < -0.39 is 15.3 Å². The average Bonchev–Trinajstić information content (AvgIpc) is 2.61. The Balaban J connectivity index is 1.72. The predicted octanol–water partition coefficient (Wildman–Crippen LogP) is 2.13. The maximum Gasteiger partial charge on any atom is 0.224 e. The number of nitrogens with one attached hydrogen (secondary N) is 2. The number of anilines is 2. The molecule has 2 N–H and O–H groups in total. The van der Waals surface area contributed by atoms with Crippen LogP contribution in [0.1, 0.15) is 47.0 Å². The number of morpholine rings is 1. The second kappa shape index (κ2) is 10.2. The van der Waals surface area contributed by atoms with Crippen molar-refractivity contribution in [2.75, 3.05) is 29.9 Å². The molecule has 1 aliphatic heterocycles. The van der Waals surface area contributed by atoms with Crippen LogP contribution in [0, 0.1) is 0 Å². The quantitative estimate of drug-likeness (QED) is 0.603. The molecule has 0 radical (unpaired) electrons. The first-order valence-electron chi connectivity index (χ1n) is 9.82. The monoisotopic (exact) mass is 412 g/mol. The molecule has 0 spiro atoms. The number of carbonyl (C=O) groups is 1. The van der Waals surface area contributed by atoms with Gasteiger partial charge in [-0.15, -0.1) is 0 Å². The molecule has 1 amide bonds. The van der Waals surface area contributed by atoms with Crippen molar-refractivity contribution in [3.05, 3.63) is 18.3 Å². The fraction of sp³-hybridized carbons (Fsp3) is 0.684. The van der Waals surface area contributed by atoms with Gasteiger partial charge in [0.2, 0.25) is 15.9 Å². The van der Waals surface area contributed by atoms with Gasteiger partial charge in [0.05, 0.1) is 29.3 Å². The van der Waals surface area contributed by atoms with Crippen molar-refractivity contribution in [3.8, 4) is 0 Å². The maximum absolute atomic E-state index is 12.0. The van der Waals surface area contributed by atoms with Crippen LogP contribution in [-0.2, 0) is 19.6 Å². The lowest BCUT2D eigenvalue weighted by Crippen LogP contribution is -2.45. The van der Waals surface area contributed by atoms with Gasteiger partial charge in [0.15, 0.2) is 0 Å². The number of sulfonamides is 1. The van der Waals surface area contributed by atoms with E-state index in [-0.39, 0.29) is 18.1 Å². The van der Waals surface area contributed by atoms with Crippen LogP contribution in [0.4, 0.5) is 11.5 Å². The predicted molar refractivity (Wildman–Crippen MR) is 111 cm³/mol. The van der Waals surface area contributed by atoms with E-state index in [0.717, 1.165) is 18.9 Å². The standard InChI is InChI=1S/C19H32N4O4S/c1-14(2)28(25,26)21-10-6-5-7-19(24)22-17-8-9-18(20-11-17)23-12-15(3)27-16(4)13-23/h8-9,11,14-16,21H,5-7,10,12-13H2,1-4H3,(H,22,24)/t15-,16-/m1/s1. The van der Waals surface area contributed by atoms with Gasteiger partial charge in [-0.2, -0.15) is 0 Å². The van der Waals surface area contributed by atoms with Crippen molar-refractivity contribution >= 4 is 27.4 Å². The molecule has 8 nitrogen and oxygen atoms in total. The van der Waals surface area contributed by atoms with Crippen LogP contribution in [0.15, 0.2) is 18.3 Å². The third-order valence-electron chi connectivity index (χ3n) is 4.53. The van der Waals surface area contributed by atoms with Crippen LogP contribution in [0.2, 0.25) is 0 Å². The average molecular weight is 413 g/mol. The van der Waals surface area contributed by atoms with Crippen molar-refractivity contribution in [1.82, 2.24) is 9.71 Å². The summed E-state index contributed by atoms with van der Waals surface area (Å²) in [6.45, 7) is 9.30. The highest BCUT2D eigenvalue weighted by Gasteiger charge is 2.23. The molecule has 2 heterocycles. The first kappa shape index (κ1) is 22.6. The summed E-state index contributed by atoms with van der Waals surface area (Å²) in [5, 5.41) is 2.38. The molecule has 1 aliphatic rings. The Kier molecular flexibility index (Phi) is 8.21. The van der Waals surface area contributed by atoms with Crippen molar-refractivity contribution in [1.29, 1.82) is 0 Å². The Morgan fingerprint density at radius 1 is 1.25 bits per heavy atom. The third-order valence-corrected chi connectivity index (χ3v) is 6.38. The highest BCUT2D eigenvalue weighted by atomic mass is 32.2. The SMILES string of the molecule is CC(C)S(=O)(=O)NCCCCC(=O)Nc1ccc(N2C[C@@H](C)O[C@H](C)C2)nc1. The van der Waals surface area contributed by atoms with Crippen molar-refractivity contribution in [2.24, 2.45) is 0 Å². The second-order valence-electron chi connectivity index (χ2n) is 7.56. The number of hydrogen-bond donors (Lipinski definition) is 2. The molecule has 158 valence electrons. The van der Waals surface area contributed by atoms with Gasteiger partial charge >= 0.3 is 0 Å². The van der Waals surface area contributed by atoms with E-state index in [2.05, 4.69) is 19.9 Å². The first-order valence-corrected chi connectivity index (χ1v) is 11.4. The minimum Gasteiger partial charge on any atom is -0.372 e. The van der Waals surface area contributed by atoms with Gasteiger partial charge in [0, 0.05) is 26.1 Å². The molecule has 2 atom stereocenters. The molecular formula is C19H32N4O4S. The molecular weight excluding hydrogens is 380 g/mol. The van der Waals surface area contributed by atoms with Crippen LogP contribution in [0.5, 0.6) is 0 Å². The summed E-state index contributed by atoms with van der Waals surface area (Å²) in [6.07, 6.45) is 3.55. The van der Waals surface area contributed by atoms with Gasteiger partial charge in [-0.1, -0.05) is 0 Å². The van der Waals surface area contributed by atoms with Gasteiger partial charge in [0.1, 0.15) is 5.82 Å². The summed E-state index contributed by atoms with van der Waals surface area (Å²) in [7, 11) is -3.24. The van der Waals surface area contributed by atoms with E-state index in [4.69, 9.17) is 4.74 Å². The van der Waals surface area contributed by atoms with Crippen LogP contribution < -0.4 is 14.9 Å². The number of hydrogen-bond acceptors (Lipinski definition) is 6. The Bertz CT molecular complexity index is 727. The van der Waals surface area contributed by atoms with Gasteiger partial charge in [-0.3, -0.25) is 4.79 Å². The lowest BCUT2D eigenvalue weighted by Gasteiger charge is -2.36. The van der Waals surface area contributed by atoms with Crippen LogP contribution in [0.25, 0.3) is 0 Å². The molecule has 0 aromatic carbocycles. The normalized spacial score (nSPS) is 20.4. The van der Waals surface area contributed by atoms with Gasteiger partial charge < -0.3 is 15.0 Å². The van der Waals surface area contributed by atoms with E-state index in [9.17, 15) is 13.2 Å². The molecule has 1 fully saturated rings. The molecule has 0 unspecified atom stereocenters. The van der Waals surface area contributed by atoms with Crippen molar-refractivity contribution < 1.29 is 17.9 Å². The largest absolute Gasteiger partial charge is 0.372 e. The summed E-state index contributed by atoms with van der Waals surface area (Å²) in [4.78, 5) is 18.7. The van der Waals surface area contributed by atoms with Crippen LogP contribution >= 0.6 is 0 Å². The molecule has 1 aromatic rings. The van der Waals surface area contributed by atoms with E-state index in [1.807, 2.05) is 26.0 Å². The topological polar surface area (TPSA) is 101 Å². The Morgan fingerprint density at radius 3 is 2.50 bits per heavy atom. The second-order valence-corrected chi connectivity index (χ2v) is 9.88. The van der Waals surface area contributed by atoms with Gasteiger partial charge in [-0.25, -0.2) is 18.1 Å². The number of unbranched alkanes of at least 4 members (excludes halogenated alkanes) is 1.